The molecule has 0 radical (unpaired) electrons. The van der Waals surface area contributed by atoms with E-state index in [1.807, 2.05) is 13.8 Å². The monoisotopic (exact) mass is 305 g/mol. The predicted octanol–water partition coefficient (Wildman–Crippen LogP) is 3.64. The summed E-state index contributed by atoms with van der Waals surface area (Å²) in [5.74, 6) is 1.42. The van der Waals surface area contributed by atoms with E-state index in [2.05, 4.69) is 22.5 Å². The Balaban J connectivity index is 2.93. The number of nitrogens with zero attached hydrogens (tertiary/aromatic N) is 1. The van der Waals surface area contributed by atoms with Gasteiger partial charge in [0.1, 0.15) is 11.6 Å². The minimum atomic E-state index is -0.0924. The molecule has 19 heavy (non-hydrogen) atoms. The SMILES string of the molecule is CCCNc1nc(NC(CO)C(C)C)c(Cl)cc1Cl. The van der Waals surface area contributed by atoms with Crippen molar-refractivity contribution >= 4 is 34.8 Å². The molecular formula is C13H21Cl2N3O. The summed E-state index contributed by atoms with van der Waals surface area (Å²) in [5.41, 5.74) is 0. The summed E-state index contributed by atoms with van der Waals surface area (Å²) >= 11 is 12.2. The van der Waals surface area contributed by atoms with Crippen LogP contribution in [0.1, 0.15) is 27.2 Å². The molecule has 108 valence electrons. The van der Waals surface area contributed by atoms with Gasteiger partial charge in [0.25, 0.3) is 0 Å². The van der Waals surface area contributed by atoms with Gasteiger partial charge in [0.15, 0.2) is 0 Å². The van der Waals surface area contributed by atoms with Crippen LogP contribution in [-0.4, -0.2) is 29.3 Å². The number of nitrogens with one attached hydrogen (secondary N) is 2. The van der Waals surface area contributed by atoms with E-state index in [1.54, 1.807) is 6.07 Å². The standard InChI is InChI=1S/C13H21Cl2N3O/c1-4-5-16-12-9(14)6-10(15)13(18-12)17-11(7-19)8(2)3/h6,8,11,19H,4-5,7H2,1-3H3,(H2,16,17,18). The highest BCUT2D eigenvalue weighted by molar-refractivity contribution is 6.37. The normalized spacial score (nSPS) is 12.6. The fraction of sp³-hybridized carbons (Fsp3) is 0.615. The van der Waals surface area contributed by atoms with Crippen LogP contribution in [0.3, 0.4) is 0 Å². The number of aliphatic hydroxyl groups excluding tert-OH is 1. The number of rotatable bonds is 7. The van der Waals surface area contributed by atoms with Crippen LogP contribution in [0.2, 0.25) is 10.0 Å². The Morgan fingerprint density at radius 2 is 1.89 bits per heavy atom. The molecule has 0 amide bonds. The van der Waals surface area contributed by atoms with E-state index in [9.17, 15) is 5.11 Å². The molecule has 0 fully saturated rings. The van der Waals surface area contributed by atoms with Gasteiger partial charge < -0.3 is 15.7 Å². The molecule has 0 saturated heterocycles. The maximum absolute atomic E-state index is 9.34. The van der Waals surface area contributed by atoms with Crippen LogP contribution in [-0.2, 0) is 0 Å². The predicted molar refractivity (Wildman–Crippen MR) is 82.4 cm³/mol. The van der Waals surface area contributed by atoms with Crippen molar-refractivity contribution in [3.05, 3.63) is 16.1 Å². The highest BCUT2D eigenvalue weighted by atomic mass is 35.5. The molecule has 1 atom stereocenters. The molecule has 0 bridgehead atoms. The largest absolute Gasteiger partial charge is 0.394 e. The lowest BCUT2D eigenvalue weighted by molar-refractivity contribution is 0.249. The molecule has 1 aromatic rings. The van der Waals surface area contributed by atoms with Gasteiger partial charge >= 0.3 is 0 Å². The molecule has 1 heterocycles. The average Bonchev–Trinajstić information content (AvgIpc) is 2.36. The van der Waals surface area contributed by atoms with Crippen molar-refractivity contribution in [3.63, 3.8) is 0 Å². The minimum absolute atomic E-state index is 0.0238. The summed E-state index contributed by atoms with van der Waals surface area (Å²) < 4.78 is 0. The zero-order valence-electron chi connectivity index (χ0n) is 11.5. The minimum Gasteiger partial charge on any atom is -0.394 e. The van der Waals surface area contributed by atoms with E-state index in [-0.39, 0.29) is 18.6 Å². The van der Waals surface area contributed by atoms with E-state index in [1.165, 1.54) is 0 Å². The molecule has 4 nitrogen and oxygen atoms in total. The van der Waals surface area contributed by atoms with Gasteiger partial charge in [0.05, 0.1) is 22.7 Å². The van der Waals surface area contributed by atoms with Crippen LogP contribution in [0.25, 0.3) is 0 Å². The van der Waals surface area contributed by atoms with Gasteiger partial charge in [-0.1, -0.05) is 44.0 Å². The number of anilines is 2. The van der Waals surface area contributed by atoms with Gasteiger partial charge in [-0.3, -0.25) is 0 Å². The van der Waals surface area contributed by atoms with Crippen molar-refractivity contribution < 1.29 is 5.11 Å². The highest BCUT2D eigenvalue weighted by Crippen LogP contribution is 2.30. The van der Waals surface area contributed by atoms with Gasteiger partial charge in [-0.2, -0.15) is 0 Å². The molecule has 0 spiro atoms. The Morgan fingerprint density at radius 1 is 1.26 bits per heavy atom. The first kappa shape index (κ1) is 16.3. The van der Waals surface area contributed by atoms with Crippen LogP contribution in [0.4, 0.5) is 11.6 Å². The lowest BCUT2D eigenvalue weighted by Gasteiger charge is -2.22. The molecule has 3 N–H and O–H groups in total. The smallest absolute Gasteiger partial charge is 0.147 e. The van der Waals surface area contributed by atoms with Gasteiger partial charge in [0, 0.05) is 6.54 Å². The Labute approximate surface area is 124 Å². The molecule has 1 unspecified atom stereocenters. The van der Waals surface area contributed by atoms with Gasteiger partial charge in [-0.05, 0) is 18.4 Å². The van der Waals surface area contributed by atoms with E-state index in [0.717, 1.165) is 13.0 Å². The number of aliphatic hydroxyl groups is 1. The first-order valence-electron chi connectivity index (χ1n) is 6.46. The molecule has 0 saturated carbocycles. The zero-order valence-corrected chi connectivity index (χ0v) is 13.0. The van der Waals surface area contributed by atoms with Crippen LogP contribution < -0.4 is 10.6 Å². The summed E-state index contributed by atoms with van der Waals surface area (Å²) in [5, 5.41) is 16.6. The number of pyridine rings is 1. The van der Waals surface area contributed by atoms with Crippen LogP contribution in [0, 0.1) is 5.92 Å². The van der Waals surface area contributed by atoms with Crippen LogP contribution in [0.15, 0.2) is 6.07 Å². The summed E-state index contributed by atoms with van der Waals surface area (Å²) in [7, 11) is 0. The molecule has 0 aliphatic heterocycles. The summed E-state index contributed by atoms with van der Waals surface area (Å²) in [6.45, 7) is 6.93. The fourth-order valence-electron chi connectivity index (χ4n) is 1.53. The van der Waals surface area contributed by atoms with Crippen LogP contribution in [0.5, 0.6) is 0 Å². The molecule has 0 aliphatic carbocycles. The molecular weight excluding hydrogens is 285 g/mol. The van der Waals surface area contributed by atoms with E-state index in [0.29, 0.717) is 21.7 Å². The highest BCUT2D eigenvalue weighted by Gasteiger charge is 2.16. The first-order chi connectivity index (χ1) is 8.99. The molecule has 0 aliphatic rings. The maximum atomic E-state index is 9.34. The number of hydrogen-bond acceptors (Lipinski definition) is 4. The zero-order chi connectivity index (χ0) is 14.4. The third-order valence-corrected chi connectivity index (χ3v) is 3.37. The second-order valence-corrected chi connectivity index (χ2v) is 5.57. The molecule has 1 rings (SSSR count). The van der Waals surface area contributed by atoms with Crippen molar-refractivity contribution in [1.29, 1.82) is 0 Å². The second-order valence-electron chi connectivity index (χ2n) is 4.75. The van der Waals surface area contributed by atoms with Crippen molar-refractivity contribution in [2.24, 2.45) is 5.92 Å². The van der Waals surface area contributed by atoms with Gasteiger partial charge in [0.2, 0.25) is 0 Å². The fourth-order valence-corrected chi connectivity index (χ4v) is 2.01. The van der Waals surface area contributed by atoms with E-state index in [4.69, 9.17) is 23.2 Å². The summed E-state index contributed by atoms with van der Waals surface area (Å²) in [4.78, 5) is 4.38. The third-order valence-electron chi connectivity index (χ3n) is 2.80. The topological polar surface area (TPSA) is 57.2 Å². The Kier molecular flexibility index (Phi) is 6.69. The van der Waals surface area contributed by atoms with Crippen molar-refractivity contribution in [2.45, 2.75) is 33.2 Å². The summed E-state index contributed by atoms with van der Waals surface area (Å²) in [6.07, 6.45) is 0.981. The van der Waals surface area contributed by atoms with Crippen molar-refractivity contribution in [3.8, 4) is 0 Å². The van der Waals surface area contributed by atoms with Crippen LogP contribution >= 0.6 is 23.2 Å². The Hall–Kier alpha value is -0.710. The second kappa shape index (κ2) is 7.78. The van der Waals surface area contributed by atoms with Crippen molar-refractivity contribution in [2.75, 3.05) is 23.8 Å². The number of aromatic nitrogens is 1. The maximum Gasteiger partial charge on any atom is 0.147 e. The number of hydrogen-bond donors (Lipinski definition) is 3. The van der Waals surface area contributed by atoms with Gasteiger partial charge in [-0.25, -0.2) is 4.98 Å². The van der Waals surface area contributed by atoms with E-state index < -0.39 is 0 Å². The third kappa shape index (κ3) is 4.71. The lowest BCUT2D eigenvalue weighted by atomic mass is 10.1. The Bertz CT molecular complexity index is 413. The molecule has 0 aromatic carbocycles. The van der Waals surface area contributed by atoms with Crippen molar-refractivity contribution in [1.82, 2.24) is 4.98 Å². The quantitative estimate of drug-likeness (QED) is 0.720. The van der Waals surface area contributed by atoms with Gasteiger partial charge in [-0.15, -0.1) is 0 Å². The molecule has 1 aromatic heterocycles. The molecule has 6 heteroatoms. The average molecular weight is 306 g/mol. The summed E-state index contributed by atoms with van der Waals surface area (Å²) in [6, 6.07) is 1.57. The number of halogens is 2. The lowest BCUT2D eigenvalue weighted by Crippen LogP contribution is -2.30. The Morgan fingerprint density at radius 3 is 2.42 bits per heavy atom. The first-order valence-corrected chi connectivity index (χ1v) is 7.22. The van der Waals surface area contributed by atoms with E-state index >= 15 is 0 Å².